The van der Waals surface area contributed by atoms with E-state index in [0.717, 1.165) is 30.1 Å². The molecule has 1 aliphatic carbocycles. The van der Waals surface area contributed by atoms with Crippen LogP contribution < -0.4 is 0 Å². The number of phenols is 1. The summed E-state index contributed by atoms with van der Waals surface area (Å²) in [5, 5.41) is 10.3. The van der Waals surface area contributed by atoms with Crippen LogP contribution >= 0.6 is 0 Å². The molecule has 1 amide bonds. The van der Waals surface area contributed by atoms with Crippen molar-refractivity contribution >= 4 is 11.9 Å². The Bertz CT molecular complexity index is 1070. The lowest BCUT2D eigenvalue weighted by atomic mass is 9.92. The van der Waals surface area contributed by atoms with E-state index in [2.05, 4.69) is 23.6 Å². The fraction of sp³-hybridized carbons (Fsp3) is 0.517. The lowest BCUT2D eigenvalue weighted by molar-refractivity contribution is -0.143. The van der Waals surface area contributed by atoms with Crippen LogP contribution in [0.15, 0.2) is 48.5 Å². The van der Waals surface area contributed by atoms with Crippen molar-refractivity contribution in [1.82, 2.24) is 14.7 Å². The van der Waals surface area contributed by atoms with Crippen LogP contribution in [0.3, 0.4) is 0 Å². The van der Waals surface area contributed by atoms with Gasteiger partial charge in [-0.15, -0.1) is 0 Å². The zero-order chi connectivity index (χ0) is 25.8. The maximum atomic E-state index is 13.2. The standard InChI is InChI=1S/C29H39N3O4/c1-5-36-27(34)19-30(4)29(35)25-10-6-8-23(14-25)28(24-9-7-11-26(33)15-24)32-17-20(2)31(16-21(32)3)18-22-12-13-22/h6-11,14-15,20-22,28,33H,5,12-13,16-19H2,1-4H3/t20-,21-,28?/m1/s1. The Balaban J connectivity index is 1.62. The molecule has 1 heterocycles. The summed E-state index contributed by atoms with van der Waals surface area (Å²) in [4.78, 5) is 31.6. The van der Waals surface area contributed by atoms with Crippen LogP contribution in [0, 0.1) is 5.92 Å². The fourth-order valence-electron chi connectivity index (χ4n) is 5.28. The smallest absolute Gasteiger partial charge is 0.325 e. The number of carbonyl (C=O) groups is 2. The Labute approximate surface area is 214 Å². The van der Waals surface area contributed by atoms with Gasteiger partial charge in [-0.1, -0.05) is 24.3 Å². The molecule has 2 fully saturated rings. The Morgan fingerprint density at radius 2 is 1.75 bits per heavy atom. The summed E-state index contributed by atoms with van der Waals surface area (Å²) in [7, 11) is 1.61. The molecule has 3 atom stereocenters. The molecule has 7 nitrogen and oxygen atoms in total. The molecule has 1 saturated carbocycles. The number of likely N-dealkylation sites (N-methyl/N-ethyl adjacent to an activating group) is 1. The van der Waals surface area contributed by atoms with E-state index in [1.807, 2.05) is 36.4 Å². The van der Waals surface area contributed by atoms with Gasteiger partial charge in [0.25, 0.3) is 5.91 Å². The number of phenolic OH excluding ortho intramolecular Hbond substituents is 1. The molecule has 4 rings (SSSR count). The highest BCUT2D eigenvalue weighted by Gasteiger charge is 2.37. The molecule has 1 aliphatic heterocycles. The normalized spacial score (nSPS) is 21.7. The third-order valence-corrected chi connectivity index (χ3v) is 7.34. The van der Waals surface area contributed by atoms with E-state index in [4.69, 9.17) is 4.74 Å². The molecular weight excluding hydrogens is 454 g/mol. The predicted octanol–water partition coefficient (Wildman–Crippen LogP) is 3.92. The number of hydrogen-bond donors (Lipinski definition) is 1. The molecule has 2 aromatic rings. The Morgan fingerprint density at radius 3 is 2.42 bits per heavy atom. The third kappa shape index (κ3) is 6.26. The summed E-state index contributed by atoms with van der Waals surface area (Å²) in [6, 6.07) is 15.7. The monoisotopic (exact) mass is 493 g/mol. The van der Waals surface area contributed by atoms with Gasteiger partial charge in [-0.2, -0.15) is 0 Å². The first-order valence-electron chi connectivity index (χ1n) is 13.1. The molecule has 2 aliphatic rings. The van der Waals surface area contributed by atoms with Crippen molar-refractivity contribution in [2.75, 3.05) is 39.8 Å². The third-order valence-electron chi connectivity index (χ3n) is 7.34. The van der Waals surface area contributed by atoms with Gasteiger partial charge in [0.1, 0.15) is 12.3 Å². The Hall–Kier alpha value is -2.90. The van der Waals surface area contributed by atoms with Crippen LogP contribution in [-0.4, -0.2) is 83.6 Å². The summed E-state index contributed by atoms with van der Waals surface area (Å²) in [5.41, 5.74) is 2.51. The maximum absolute atomic E-state index is 13.2. The molecular formula is C29H39N3O4. The second-order valence-corrected chi connectivity index (χ2v) is 10.4. The van der Waals surface area contributed by atoms with E-state index >= 15 is 0 Å². The van der Waals surface area contributed by atoms with E-state index in [0.29, 0.717) is 17.6 Å². The van der Waals surface area contributed by atoms with Gasteiger partial charge >= 0.3 is 5.97 Å². The number of rotatable bonds is 9. The zero-order valence-electron chi connectivity index (χ0n) is 21.9. The number of nitrogens with zero attached hydrogens (tertiary/aromatic N) is 3. The molecule has 2 aromatic carbocycles. The van der Waals surface area contributed by atoms with Gasteiger partial charge in [0.2, 0.25) is 0 Å². The summed E-state index contributed by atoms with van der Waals surface area (Å²) >= 11 is 0. The molecule has 1 saturated heterocycles. The Morgan fingerprint density at radius 1 is 1.06 bits per heavy atom. The minimum absolute atomic E-state index is 0.0929. The van der Waals surface area contributed by atoms with Crippen LogP contribution in [0.1, 0.15) is 61.1 Å². The highest BCUT2D eigenvalue weighted by molar-refractivity contribution is 5.96. The van der Waals surface area contributed by atoms with E-state index < -0.39 is 5.97 Å². The van der Waals surface area contributed by atoms with Crippen molar-refractivity contribution in [3.05, 3.63) is 65.2 Å². The van der Waals surface area contributed by atoms with Crippen molar-refractivity contribution in [1.29, 1.82) is 0 Å². The molecule has 194 valence electrons. The largest absolute Gasteiger partial charge is 0.508 e. The minimum atomic E-state index is -0.422. The van der Waals surface area contributed by atoms with Crippen molar-refractivity contribution < 1.29 is 19.4 Å². The summed E-state index contributed by atoms with van der Waals surface area (Å²) in [5.74, 6) is 0.429. The molecule has 36 heavy (non-hydrogen) atoms. The Kier molecular flexibility index (Phi) is 8.32. The first kappa shape index (κ1) is 26.2. The van der Waals surface area contributed by atoms with Gasteiger partial charge in [0, 0.05) is 44.3 Å². The van der Waals surface area contributed by atoms with Gasteiger partial charge in [-0.25, -0.2) is 0 Å². The van der Waals surface area contributed by atoms with Crippen molar-refractivity contribution in [2.24, 2.45) is 5.92 Å². The van der Waals surface area contributed by atoms with E-state index in [1.54, 1.807) is 26.1 Å². The minimum Gasteiger partial charge on any atom is -0.508 e. The van der Waals surface area contributed by atoms with Gasteiger partial charge in [0.05, 0.1) is 12.6 Å². The molecule has 7 heteroatoms. The van der Waals surface area contributed by atoms with Crippen molar-refractivity contribution in [2.45, 2.75) is 51.7 Å². The number of carbonyl (C=O) groups excluding carboxylic acids is 2. The number of hydrogen-bond acceptors (Lipinski definition) is 6. The second kappa shape index (κ2) is 11.4. The number of aromatic hydroxyl groups is 1. The second-order valence-electron chi connectivity index (χ2n) is 10.4. The number of piperazine rings is 1. The summed E-state index contributed by atoms with van der Waals surface area (Å²) in [6.07, 6.45) is 2.69. The zero-order valence-corrected chi connectivity index (χ0v) is 21.9. The SMILES string of the molecule is CCOC(=O)CN(C)C(=O)c1cccc(C(c2cccc(O)c2)N2C[C@@H](C)N(CC3CC3)C[C@H]2C)c1. The van der Waals surface area contributed by atoms with Gasteiger partial charge in [0.15, 0.2) is 0 Å². The first-order chi connectivity index (χ1) is 17.3. The van der Waals surface area contributed by atoms with Crippen LogP contribution in [0.2, 0.25) is 0 Å². The lowest BCUT2D eigenvalue weighted by Crippen LogP contribution is -2.57. The predicted molar refractivity (Wildman–Crippen MR) is 140 cm³/mol. The summed E-state index contributed by atoms with van der Waals surface area (Å²) in [6.45, 7) is 9.57. The quantitative estimate of drug-likeness (QED) is 0.534. The first-order valence-corrected chi connectivity index (χ1v) is 13.1. The van der Waals surface area contributed by atoms with Crippen LogP contribution in [-0.2, 0) is 9.53 Å². The van der Waals surface area contributed by atoms with Gasteiger partial charge in [-0.3, -0.25) is 19.4 Å². The molecule has 1 unspecified atom stereocenters. The molecule has 1 N–H and O–H groups in total. The van der Waals surface area contributed by atoms with Crippen molar-refractivity contribution in [3.63, 3.8) is 0 Å². The number of benzene rings is 2. The van der Waals surface area contributed by atoms with Crippen molar-refractivity contribution in [3.8, 4) is 5.75 Å². The number of ether oxygens (including phenoxy) is 1. The molecule has 0 bridgehead atoms. The van der Waals surface area contributed by atoms with E-state index in [-0.39, 0.29) is 30.9 Å². The van der Waals surface area contributed by atoms with Gasteiger partial charge < -0.3 is 14.7 Å². The maximum Gasteiger partial charge on any atom is 0.325 e. The van der Waals surface area contributed by atoms with E-state index in [9.17, 15) is 14.7 Å². The van der Waals surface area contributed by atoms with Crippen LogP contribution in [0.4, 0.5) is 0 Å². The van der Waals surface area contributed by atoms with E-state index in [1.165, 1.54) is 24.3 Å². The number of esters is 1. The van der Waals surface area contributed by atoms with Crippen LogP contribution in [0.5, 0.6) is 5.75 Å². The highest BCUT2D eigenvalue weighted by Crippen LogP contribution is 2.36. The van der Waals surface area contributed by atoms with Crippen LogP contribution in [0.25, 0.3) is 0 Å². The molecule has 0 aromatic heterocycles. The number of amides is 1. The topological polar surface area (TPSA) is 73.3 Å². The summed E-state index contributed by atoms with van der Waals surface area (Å²) < 4.78 is 5.00. The lowest BCUT2D eigenvalue weighted by Gasteiger charge is -2.48. The average molecular weight is 494 g/mol. The molecule has 0 radical (unpaired) electrons. The fourth-order valence-corrected chi connectivity index (χ4v) is 5.28. The highest BCUT2D eigenvalue weighted by atomic mass is 16.5. The van der Waals surface area contributed by atoms with Gasteiger partial charge in [-0.05, 0) is 74.9 Å². The molecule has 0 spiro atoms. The average Bonchev–Trinajstić information content (AvgIpc) is 3.66.